The van der Waals surface area contributed by atoms with Crippen LogP contribution in [0.3, 0.4) is 0 Å². The van der Waals surface area contributed by atoms with Crippen molar-refractivity contribution in [2.75, 3.05) is 7.11 Å². The first-order chi connectivity index (χ1) is 9.16. The predicted octanol–water partition coefficient (Wildman–Crippen LogP) is 4.40. The Bertz CT molecular complexity index is 424. The minimum atomic E-state index is -0.361. The lowest BCUT2D eigenvalue weighted by Gasteiger charge is -2.33. The molecule has 0 N–H and O–H groups in total. The van der Waals surface area contributed by atoms with Gasteiger partial charge in [-0.3, -0.25) is 4.79 Å². The summed E-state index contributed by atoms with van der Waals surface area (Å²) in [6.45, 7) is 0. The highest BCUT2D eigenvalue weighted by Gasteiger charge is 2.38. The molecule has 1 aromatic carbocycles. The zero-order valence-electron chi connectivity index (χ0n) is 11.2. The topological polar surface area (TPSA) is 26.3 Å². The van der Waals surface area contributed by atoms with Gasteiger partial charge in [0.25, 0.3) is 0 Å². The molecule has 1 fully saturated rings. The van der Waals surface area contributed by atoms with Crippen molar-refractivity contribution in [1.29, 1.82) is 0 Å². The zero-order chi connectivity index (χ0) is 13.7. The summed E-state index contributed by atoms with van der Waals surface area (Å²) in [6, 6.07) is 7.99. The molecule has 1 aromatic rings. The lowest BCUT2D eigenvalue weighted by Crippen LogP contribution is -2.34. The number of halogens is 1. The Morgan fingerprint density at radius 3 is 2.42 bits per heavy atom. The zero-order valence-corrected chi connectivity index (χ0v) is 12.7. The van der Waals surface area contributed by atoms with Crippen molar-refractivity contribution < 1.29 is 9.53 Å². The fourth-order valence-corrected chi connectivity index (χ4v) is 4.14. The summed E-state index contributed by atoms with van der Waals surface area (Å²) in [5.74, 6) is 1.68. The standard InChI is InChI=1S/C15H19ClO2S/c1-18-13-7-5-12(6-8-13)11-19-15(14(16)17)9-3-2-4-10-15/h5-8H,2-4,9-11H2,1H3. The Balaban J connectivity index is 2.00. The fourth-order valence-electron chi connectivity index (χ4n) is 2.46. The molecule has 0 amide bonds. The third kappa shape index (κ3) is 3.67. The number of thioether (sulfide) groups is 1. The van der Waals surface area contributed by atoms with Crippen LogP contribution in [0.15, 0.2) is 24.3 Å². The molecule has 1 aliphatic carbocycles. The summed E-state index contributed by atoms with van der Waals surface area (Å²) in [7, 11) is 1.66. The number of hydrogen-bond donors (Lipinski definition) is 0. The van der Waals surface area contributed by atoms with Gasteiger partial charge in [-0.25, -0.2) is 0 Å². The van der Waals surface area contributed by atoms with Gasteiger partial charge in [0, 0.05) is 5.75 Å². The molecule has 1 aliphatic rings. The molecule has 2 nitrogen and oxygen atoms in total. The molecule has 0 aromatic heterocycles. The van der Waals surface area contributed by atoms with Gasteiger partial charge in [-0.2, -0.15) is 0 Å². The molecule has 0 heterocycles. The number of ether oxygens (including phenoxy) is 1. The molecular formula is C15H19ClO2S. The van der Waals surface area contributed by atoms with E-state index in [9.17, 15) is 4.79 Å². The largest absolute Gasteiger partial charge is 0.497 e. The highest BCUT2D eigenvalue weighted by Crippen LogP contribution is 2.43. The molecular weight excluding hydrogens is 280 g/mol. The van der Waals surface area contributed by atoms with E-state index in [2.05, 4.69) is 0 Å². The Kier molecular flexibility index (Phi) is 5.17. The lowest BCUT2D eigenvalue weighted by atomic mass is 9.89. The van der Waals surface area contributed by atoms with E-state index in [0.29, 0.717) is 0 Å². The molecule has 0 saturated heterocycles. The number of carbonyl (C=O) groups excluding carboxylic acids is 1. The van der Waals surface area contributed by atoms with Gasteiger partial charge >= 0.3 is 0 Å². The summed E-state index contributed by atoms with van der Waals surface area (Å²) < 4.78 is 4.78. The van der Waals surface area contributed by atoms with Gasteiger partial charge in [-0.1, -0.05) is 31.4 Å². The smallest absolute Gasteiger partial charge is 0.237 e. The van der Waals surface area contributed by atoms with E-state index in [4.69, 9.17) is 16.3 Å². The average molecular weight is 299 g/mol. The predicted molar refractivity (Wildman–Crippen MR) is 81.0 cm³/mol. The second kappa shape index (κ2) is 6.67. The van der Waals surface area contributed by atoms with E-state index in [0.717, 1.165) is 37.2 Å². The molecule has 0 unspecified atom stereocenters. The van der Waals surface area contributed by atoms with Crippen molar-refractivity contribution >= 4 is 28.6 Å². The quantitative estimate of drug-likeness (QED) is 0.754. The van der Waals surface area contributed by atoms with Crippen molar-refractivity contribution in [1.82, 2.24) is 0 Å². The maximum absolute atomic E-state index is 11.8. The SMILES string of the molecule is COc1ccc(CSC2(C(=O)Cl)CCCCC2)cc1. The first-order valence-corrected chi connectivity index (χ1v) is 7.99. The fraction of sp³-hybridized carbons (Fsp3) is 0.533. The van der Waals surface area contributed by atoms with E-state index in [1.54, 1.807) is 18.9 Å². The normalized spacial score (nSPS) is 18.0. The summed E-state index contributed by atoms with van der Waals surface area (Å²) in [4.78, 5) is 11.8. The van der Waals surface area contributed by atoms with Crippen LogP contribution in [0.25, 0.3) is 0 Å². The third-order valence-electron chi connectivity index (χ3n) is 3.69. The molecule has 104 valence electrons. The Morgan fingerprint density at radius 2 is 1.89 bits per heavy atom. The molecule has 0 bridgehead atoms. The third-order valence-corrected chi connectivity index (χ3v) is 5.79. The molecule has 1 saturated carbocycles. The summed E-state index contributed by atoms with van der Waals surface area (Å²) >= 11 is 7.54. The first-order valence-electron chi connectivity index (χ1n) is 6.63. The van der Waals surface area contributed by atoms with Gasteiger partial charge in [0.1, 0.15) is 5.75 Å². The van der Waals surface area contributed by atoms with Crippen LogP contribution in [0.5, 0.6) is 5.75 Å². The van der Waals surface area contributed by atoms with Crippen molar-refractivity contribution in [3.05, 3.63) is 29.8 Å². The lowest BCUT2D eigenvalue weighted by molar-refractivity contribution is -0.114. The van der Waals surface area contributed by atoms with Crippen molar-refractivity contribution in [3.8, 4) is 5.75 Å². The summed E-state index contributed by atoms with van der Waals surface area (Å²) in [5, 5.41) is -0.175. The second-order valence-corrected chi connectivity index (χ2v) is 6.67. The Labute approximate surface area is 123 Å². The average Bonchev–Trinajstić information content (AvgIpc) is 2.46. The van der Waals surface area contributed by atoms with Gasteiger partial charge in [0.05, 0.1) is 11.9 Å². The van der Waals surface area contributed by atoms with Crippen LogP contribution in [0.2, 0.25) is 0 Å². The molecule has 0 aliphatic heterocycles. The minimum Gasteiger partial charge on any atom is -0.497 e. The maximum atomic E-state index is 11.8. The van der Waals surface area contributed by atoms with E-state index in [1.807, 2.05) is 24.3 Å². The van der Waals surface area contributed by atoms with E-state index < -0.39 is 0 Å². The Morgan fingerprint density at radius 1 is 1.26 bits per heavy atom. The van der Waals surface area contributed by atoms with Crippen LogP contribution in [-0.2, 0) is 10.5 Å². The number of hydrogen-bond acceptors (Lipinski definition) is 3. The van der Waals surface area contributed by atoms with E-state index in [1.165, 1.54) is 12.0 Å². The molecule has 0 spiro atoms. The first kappa shape index (κ1) is 14.7. The minimum absolute atomic E-state index is 0.175. The van der Waals surface area contributed by atoms with Gasteiger partial charge in [-0.05, 0) is 42.1 Å². The highest BCUT2D eigenvalue weighted by atomic mass is 35.5. The van der Waals surface area contributed by atoms with Crippen LogP contribution >= 0.6 is 23.4 Å². The molecule has 19 heavy (non-hydrogen) atoms. The van der Waals surface area contributed by atoms with E-state index in [-0.39, 0.29) is 9.99 Å². The molecule has 2 rings (SSSR count). The van der Waals surface area contributed by atoms with Crippen molar-refractivity contribution in [3.63, 3.8) is 0 Å². The van der Waals surface area contributed by atoms with Crippen LogP contribution in [-0.4, -0.2) is 17.1 Å². The van der Waals surface area contributed by atoms with Gasteiger partial charge in [0.2, 0.25) is 5.24 Å². The van der Waals surface area contributed by atoms with Crippen molar-refractivity contribution in [2.45, 2.75) is 42.6 Å². The number of benzene rings is 1. The van der Waals surface area contributed by atoms with Gasteiger partial charge in [0.15, 0.2) is 0 Å². The molecule has 0 radical (unpaired) electrons. The molecule has 0 atom stereocenters. The monoisotopic (exact) mass is 298 g/mol. The van der Waals surface area contributed by atoms with Gasteiger partial charge in [-0.15, -0.1) is 11.8 Å². The van der Waals surface area contributed by atoms with Crippen LogP contribution in [0, 0.1) is 0 Å². The van der Waals surface area contributed by atoms with Crippen LogP contribution < -0.4 is 4.74 Å². The Hall–Kier alpha value is -0.670. The number of rotatable bonds is 5. The highest BCUT2D eigenvalue weighted by molar-refractivity contribution is 8.00. The van der Waals surface area contributed by atoms with Gasteiger partial charge < -0.3 is 4.74 Å². The van der Waals surface area contributed by atoms with Crippen molar-refractivity contribution in [2.24, 2.45) is 0 Å². The van der Waals surface area contributed by atoms with E-state index >= 15 is 0 Å². The summed E-state index contributed by atoms with van der Waals surface area (Å²) in [6.07, 6.45) is 5.25. The molecule has 4 heteroatoms. The maximum Gasteiger partial charge on any atom is 0.237 e. The number of carbonyl (C=O) groups is 1. The van der Waals surface area contributed by atoms with Crippen LogP contribution in [0.4, 0.5) is 0 Å². The van der Waals surface area contributed by atoms with Crippen LogP contribution in [0.1, 0.15) is 37.7 Å². The number of methoxy groups -OCH3 is 1. The summed E-state index contributed by atoms with van der Waals surface area (Å²) in [5.41, 5.74) is 1.20. The second-order valence-electron chi connectivity index (χ2n) is 4.97.